The third-order valence-electron chi connectivity index (χ3n) is 5.49. The molecule has 0 aliphatic carbocycles. The summed E-state index contributed by atoms with van der Waals surface area (Å²) in [5.41, 5.74) is 4.93. The van der Waals surface area contributed by atoms with Crippen LogP contribution in [-0.2, 0) is 13.5 Å². The number of fused-ring (bicyclic) bond motifs is 1. The molecule has 0 radical (unpaired) electrons. The van der Waals surface area contributed by atoms with Crippen LogP contribution in [0.25, 0.3) is 33.5 Å². The molecule has 5 aromatic rings. The molecule has 0 unspecified atom stereocenters. The van der Waals surface area contributed by atoms with Crippen LogP contribution in [0.15, 0.2) is 73.3 Å². The van der Waals surface area contributed by atoms with Gasteiger partial charge in [-0.2, -0.15) is 5.10 Å². The number of halogens is 1. The van der Waals surface area contributed by atoms with E-state index < -0.39 is 0 Å². The Hall–Kier alpha value is -4.13. The number of H-pyrrole nitrogens is 1. The fraction of sp³-hybridized carbons (Fsp3) is 0.120. The van der Waals surface area contributed by atoms with Gasteiger partial charge in [0.2, 0.25) is 0 Å². The molecular formula is C25H20FN5O. The SMILES string of the molecule is Cn1cc(-c2cc3c(-c4ccc(CCC(=O)c5ccccc5)c(F)c4)ncnc3[nH]2)cn1. The van der Waals surface area contributed by atoms with Crippen LogP contribution in [0.1, 0.15) is 22.3 Å². The number of carbonyl (C=O) groups excluding carboxylic acids is 1. The molecule has 0 saturated heterocycles. The second-order valence-corrected chi connectivity index (χ2v) is 7.67. The second-order valence-electron chi connectivity index (χ2n) is 7.67. The Labute approximate surface area is 183 Å². The van der Waals surface area contributed by atoms with E-state index in [1.807, 2.05) is 43.6 Å². The summed E-state index contributed by atoms with van der Waals surface area (Å²) in [6.07, 6.45) is 5.73. The largest absolute Gasteiger partial charge is 0.339 e. The summed E-state index contributed by atoms with van der Waals surface area (Å²) in [4.78, 5) is 24.3. The lowest BCUT2D eigenvalue weighted by Crippen LogP contribution is -2.02. The number of hydrogen-bond acceptors (Lipinski definition) is 4. The molecule has 2 aromatic carbocycles. The molecule has 0 fully saturated rings. The minimum atomic E-state index is -0.349. The van der Waals surface area contributed by atoms with Crippen molar-refractivity contribution in [2.45, 2.75) is 12.8 Å². The van der Waals surface area contributed by atoms with Gasteiger partial charge in [0.1, 0.15) is 17.8 Å². The van der Waals surface area contributed by atoms with E-state index in [2.05, 4.69) is 20.1 Å². The summed E-state index contributed by atoms with van der Waals surface area (Å²) in [6.45, 7) is 0. The molecule has 0 bridgehead atoms. The minimum Gasteiger partial charge on any atom is -0.339 e. The topological polar surface area (TPSA) is 76.5 Å². The number of carbonyl (C=O) groups is 1. The number of aryl methyl sites for hydroxylation is 2. The van der Waals surface area contributed by atoms with E-state index in [-0.39, 0.29) is 18.0 Å². The van der Waals surface area contributed by atoms with Crippen molar-refractivity contribution in [2.24, 2.45) is 7.05 Å². The van der Waals surface area contributed by atoms with Gasteiger partial charge in [0.15, 0.2) is 5.78 Å². The maximum Gasteiger partial charge on any atom is 0.163 e. The monoisotopic (exact) mass is 425 g/mol. The van der Waals surface area contributed by atoms with Crippen molar-refractivity contribution < 1.29 is 9.18 Å². The van der Waals surface area contributed by atoms with Crippen LogP contribution < -0.4 is 0 Å². The quantitative estimate of drug-likeness (QED) is 0.389. The zero-order valence-corrected chi connectivity index (χ0v) is 17.4. The van der Waals surface area contributed by atoms with E-state index >= 15 is 0 Å². The summed E-state index contributed by atoms with van der Waals surface area (Å²) in [7, 11) is 1.86. The van der Waals surface area contributed by atoms with Crippen LogP contribution in [0.2, 0.25) is 0 Å². The predicted molar refractivity (Wildman–Crippen MR) is 121 cm³/mol. The Morgan fingerprint density at radius 1 is 1.06 bits per heavy atom. The first kappa shape index (κ1) is 19.8. The molecule has 32 heavy (non-hydrogen) atoms. The average molecular weight is 425 g/mol. The van der Waals surface area contributed by atoms with Gasteiger partial charge in [-0.1, -0.05) is 42.5 Å². The van der Waals surface area contributed by atoms with Gasteiger partial charge in [-0.15, -0.1) is 0 Å². The van der Waals surface area contributed by atoms with Crippen molar-refractivity contribution in [3.05, 3.63) is 90.3 Å². The number of nitrogens with zero attached hydrogens (tertiary/aromatic N) is 4. The highest BCUT2D eigenvalue weighted by molar-refractivity contribution is 5.96. The fourth-order valence-corrected chi connectivity index (χ4v) is 3.80. The minimum absolute atomic E-state index is 0.00170. The summed E-state index contributed by atoms with van der Waals surface area (Å²) in [5, 5.41) is 5.00. The summed E-state index contributed by atoms with van der Waals surface area (Å²) in [6, 6.07) is 16.1. The predicted octanol–water partition coefficient (Wildman–Crippen LogP) is 4.98. The summed E-state index contributed by atoms with van der Waals surface area (Å²) in [5.74, 6) is -0.347. The number of nitrogens with one attached hydrogen (secondary N) is 1. The molecule has 158 valence electrons. The number of aromatic amines is 1. The Morgan fingerprint density at radius 3 is 2.66 bits per heavy atom. The molecule has 0 saturated carbocycles. The van der Waals surface area contributed by atoms with Gasteiger partial charge in [-0.05, 0) is 24.1 Å². The molecule has 0 spiro atoms. The van der Waals surface area contributed by atoms with Crippen LogP contribution in [-0.4, -0.2) is 30.5 Å². The maximum absolute atomic E-state index is 14.9. The number of aromatic nitrogens is 5. The van der Waals surface area contributed by atoms with Gasteiger partial charge in [0.25, 0.3) is 0 Å². The third-order valence-corrected chi connectivity index (χ3v) is 5.49. The van der Waals surface area contributed by atoms with Crippen molar-refractivity contribution in [1.82, 2.24) is 24.7 Å². The average Bonchev–Trinajstić information content (AvgIpc) is 3.44. The number of Topliss-reactive ketones (excluding diaryl/α,β-unsaturated/α-hetero) is 1. The molecule has 1 N–H and O–H groups in total. The van der Waals surface area contributed by atoms with Crippen molar-refractivity contribution in [3.63, 3.8) is 0 Å². The lowest BCUT2D eigenvalue weighted by Gasteiger charge is -2.07. The van der Waals surface area contributed by atoms with Gasteiger partial charge >= 0.3 is 0 Å². The molecule has 0 aliphatic heterocycles. The van der Waals surface area contributed by atoms with Gasteiger partial charge in [0.05, 0.1) is 17.6 Å². The van der Waals surface area contributed by atoms with Crippen molar-refractivity contribution in [3.8, 4) is 22.5 Å². The zero-order chi connectivity index (χ0) is 22.1. The molecule has 7 heteroatoms. The second kappa shape index (κ2) is 8.19. The van der Waals surface area contributed by atoms with Gasteiger partial charge in [-0.3, -0.25) is 9.48 Å². The standard InChI is InChI=1S/C25H20FN5O/c1-31-14-19(13-29-31)22-12-20-24(27-15-28-25(20)30-22)18-8-7-16(21(26)11-18)9-10-23(32)17-5-3-2-4-6-17/h2-8,11-15H,9-10H2,1H3,(H,27,28,30). The fourth-order valence-electron chi connectivity index (χ4n) is 3.80. The van der Waals surface area contributed by atoms with E-state index in [1.54, 1.807) is 29.1 Å². The first-order valence-corrected chi connectivity index (χ1v) is 10.3. The molecule has 3 heterocycles. The van der Waals surface area contributed by atoms with Crippen molar-refractivity contribution in [1.29, 1.82) is 0 Å². The van der Waals surface area contributed by atoms with Crippen LogP contribution >= 0.6 is 0 Å². The smallest absolute Gasteiger partial charge is 0.163 e. The Kier molecular flexibility index (Phi) is 5.07. The summed E-state index contributed by atoms with van der Waals surface area (Å²) < 4.78 is 16.6. The first-order valence-electron chi connectivity index (χ1n) is 10.3. The van der Waals surface area contributed by atoms with Crippen LogP contribution in [0.5, 0.6) is 0 Å². The zero-order valence-electron chi connectivity index (χ0n) is 17.4. The molecule has 0 aliphatic rings. The van der Waals surface area contributed by atoms with Crippen LogP contribution in [0, 0.1) is 5.82 Å². The highest BCUT2D eigenvalue weighted by atomic mass is 19.1. The van der Waals surface area contributed by atoms with E-state index in [0.29, 0.717) is 34.5 Å². The number of rotatable bonds is 6. The van der Waals surface area contributed by atoms with Crippen LogP contribution in [0.4, 0.5) is 4.39 Å². The molecule has 0 amide bonds. The van der Waals surface area contributed by atoms with Gasteiger partial charge in [-0.25, -0.2) is 14.4 Å². The first-order chi connectivity index (χ1) is 15.6. The molecular weight excluding hydrogens is 405 g/mol. The van der Waals surface area contributed by atoms with Gasteiger partial charge < -0.3 is 4.98 Å². The normalized spacial score (nSPS) is 11.2. The van der Waals surface area contributed by atoms with Crippen molar-refractivity contribution >= 4 is 16.8 Å². The maximum atomic E-state index is 14.9. The highest BCUT2D eigenvalue weighted by Crippen LogP contribution is 2.30. The Balaban J connectivity index is 1.41. The van der Waals surface area contributed by atoms with Gasteiger partial charge in [0, 0.05) is 41.7 Å². The molecule has 6 nitrogen and oxygen atoms in total. The van der Waals surface area contributed by atoms with Crippen molar-refractivity contribution in [2.75, 3.05) is 0 Å². The number of benzene rings is 2. The Bertz CT molecular complexity index is 1420. The number of hydrogen-bond donors (Lipinski definition) is 1. The molecule has 5 rings (SSSR count). The molecule has 0 atom stereocenters. The lowest BCUT2D eigenvalue weighted by molar-refractivity contribution is 0.0982. The van der Waals surface area contributed by atoms with E-state index in [9.17, 15) is 9.18 Å². The molecule has 3 aromatic heterocycles. The summed E-state index contributed by atoms with van der Waals surface area (Å²) >= 11 is 0. The Morgan fingerprint density at radius 2 is 1.91 bits per heavy atom. The van der Waals surface area contributed by atoms with E-state index in [0.717, 1.165) is 16.6 Å². The van der Waals surface area contributed by atoms with E-state index in [4.69, 9.17) is 0 Å². The third kappa shape index (κ3) is 3.80. The lowest BCUT2D eigenvalue weighted by atomic mass is 10.00. The van der Waals surface area contributed by atoms with Crippen LogP contribution in [0.3, 0.4) is 0 Å². The van der Waals surface area contributed by atoms with E-state index in [1.165, 1.54) is 12.4 Å². The highest BCUT2D eigenvalue weighted by Gasteiger charge is 2.14. The number of ketones is 1.